The maximum Gasteiger partial charge on any atom is 0.126 e. The van der Waals surface area contributed by atoms with E-state index in [9.17, 15) is 8.78 Å². The monoisotopic (exact) mass is 227 g/mol. The van der Waals surface area contributed by atoms with Crippen molar-refractivity contribution in [1.82, 2.24) is 0 Å². The van der Waals surface area contributed by atoms with Gasteiger partial charge in [0, 0.05) is 24.6 Å². The normalized spacial score (nSPS) is 24.9. The summed E-state index contributed by atoms with van der Waals surface area (Å²) in [7, 11) is 0. The van der Waals surface area contributed by atoms with E-state index in [0.29, 0.717) is 31.7 Å². The lowest BCUT2D eigenvalue weighted by molar-refractivity contribution is 0.154. The van der Waals surface area contributed by atoms with Crippen LogP contribution in [0.1, 0.15) is 12.0 Å². The molecular weight excluding hydrogens is 212 g/mol. The van der Waals surface area contributed by atoms with Crippen LogP contribution in [0.15, 0.2) is 18.2 Å². The third kappa shape index (κ3) is 2.39. The fourth-order valence-corrected chi connectivity index (χ4v) is 2.17. The topological polar surface area (TPSA) is 35.2 Å². The molecule has 16 heavy (non-hydrogen) atoms. The summed E-state index contributed by atoms with van der Waals surface area (Å²) in [4.78, 5) is 0. The Hall–Kier alpha value is -1.00. The third-order valence-corrected chi connectivity index (χ3v) is 3.12. The largest absolute Gasteiger partial charge is 0.381 e. The zero-order valence-electron chi connectivity index (χ0n) is 9.01. The van der Waals surface area contributed by atoms with E-state index in [4.69, 9.17) is 10.5 Å². The van der Waals surface area contributed by atoms with Crippen molar-refractivity contribution in [3.63, 3.8) is 0 Å². The van der Waals surface area contributed by atoms with Crippen LogP contribution in [0.4, 0.5) is 8.78 Å². The number of nitrogens with two attached hydrogens (primary N) is 1. The number of benzene rings is 1. The molecule has 0 radical (unpaired) electrons. The minimum atomic E-state index is -0.541. The Morgan fingerprint density at radius 2 is 1.94 bits per heavy atom. The maximum atomic E-state index is 13.0. The molecule has 1 saturated heterocycles. The number of rotatable bonds is 3. The molecule has 0 spiro atoms. The second-order valence-corrected chi connectivity index (χ2v) is 4.46. The minimum absolute atomic E-state index is 0.153. The molecule has 1 aliphatic rings. The predicted molar refractivity (Wildman–Crippen MR) is 57.0 cm³/mol. The highest BCUT2D eigenvalue weighted by molar-refractivity contribution is 5.20. The molecule has 0 aromatic heterocycles. The second-order valence-electron chi connectivity index (χ2n) is 4.46. The summed E-state index contributed by atoms with van der Waals surface area (Å²) in [5, 5.41) is 0. The van der Waals surface area contributed by atoms with Crippen molar-refractivity contribution in [3.8, 4) is 0 Å². The Bertz CT molecular complexity index is 355. The van der Waals surface area contributed by atoms with E-state index >= 15 is 0 Å². The van der Waals surface area contributed by atoms with Crippen LogP contribution in [0.2, 0.25) is 0 Å². The van der Waals surface area contributed by atoms with Crippen molar-refractivity contribution in [2.75, 3.05) is 19.8 Å². The van der Waals surface area contributed by atoms with Gasteiger partial charge in [-0.3, -0.25) is 0 Å². The molecule has 1 aromatic rings. The Kier molecular flexibility index (Phi) is 3.21. The van der Waals surface area contributed by atoms with Gasteiger partial charge >= 0.3 is 0 Å². The van der Waals surface area contributed by atoms with Crippen LogP contribution in [0.3, 0.4) is 0 Å². The van der Waals surface area contributed by atoms with Crippen molar-refractivity contribution in [1.29, 1.82) is 0 Å². The van der Waals surface area contributed by atoms with Gasteiger partial charge in [0.25, 0.3) is 0 Å². The first kappa shape index (κ1) is 11.5. The predicted octanol–water partition coefficient (Wildman–Crippen LogP) is 1.87. The first-order valence-corrected chi connectivity index (χ1v) is 5.36. The van der Waals surface area contributed by atoms with Gasteiger partial charge in [0.15, 0.2) is 0 Å². The molecule has 1 unspecified atom stereocenters. The van der Waals surface area contributed by atoms with Gasteiger partial charge in [-0.2, -0.15) is 0 Å². The quantitative estimate of drug-likeness (QED) is 0.855. The molecule has 2 nitrogen and oxygen atoms in total. The first-order valence-electron chi connectivity index (χ1n) is 5.36. The first-order chi connectivity index (χ1) is 7.63. The van der Waals surface area contributed by atoms with Crippen LogP contribution >= 0.6 is 0 Å². The van der Waals surface area contributed by atoms with Crippen molar-refractivity contribution in [2.24, 2.45) is 11.1 Å². The molecule has 0 saturated carbocycles. The van der Waals surface area contributed by atoms with E-state index in [-0.39, 0.29) is 5.41 Å². The average molecular weight is 227 g/mol. The highest BCUT2D eigenvalue weighted by Crippen LogP contribution is 2.31. The van der Waals surface area contributed by atoms with Crippen LogP contribution < -0.4 is 5.73 Å². The van der Waals surface area contributed by atoms with E-state index in [1.54, 1.807) is 0 Å². The molecule has 0 bridgehead atoms. The second kappa shape index (κ2) is 4.47. The summed E-state index contributed by atoms with van der Waals surface area (Å²) in [6, 6.07) is 3.60. The van der Waals surface area contributed by atoms with Gasteiger partial charge in [-0.05, 0) is 30.5 Å². The lowest BCUT2D eigenvalue weighted by atomic mass is 9.81. The summed E-state index contributed by atoms with van der Waals surface area (Å²) in [5.74, 6) is -1.08. The Balaban J connectivity index is 2.18. The van der Waals surface area contributed by atoms with Gasteiger partial charge in [-0.15, -0.1) is 0 Å². The van der Waals surface area contributed by atoms with Gasteiger partial charge in [-0.1, -0.05) is 0 Å². The Morgan fingerprint density at radius 1 is 1.25 bits per heavy atom. The molecule has 1 aliphatic heterocycles. The average Bonchev–Trinajstić information content (AvgIpc) is 2.65. The SMILES string of the molecule is NCC1(Cc2cc(F)cc(F)c2)CCOC1. The molecule has 88 valence electrons. The number of ether oxygens (including phenoxy) is 1. The lowest BCUT2D eigenvalue weighted by Crippen LogP contribution is -2.33. The van der Waals surface area contributed by atoms with E-state index in [1.165, 1.54) is 12.1 Å². The molecule has 1 aromatic carbocycles. The van der Waals surface area contributed by atoms with E-state index in [1.807, 2.05) is 0 Å². The van der Waals surface area contributed by atoms with E-state index in [2.05, 4.69) is 0 Å². The molecule has 2 rings (SSSR count). The van der Waals surface area contributed by atoms with Gasteiger partial charge in [-0.25, -0.2) is 8.78 Å². The number of hydrogen-bond acceptors (Lipinski definition) is 2. The van der Waals surface area contributed by atoms with Crippen LogP contribution in [0, 0.1) is 17.0 Å². The zero-order chi connectivity index (χ0) is 11.6. The number of hydrogen-bond donors (Lipinski definition) is 1. The third-order valence-electron chi connectivity index (χ3n) is 3.12. The van der Waals surface area contributed by atoms with Crippen molar-refractivity contribution >= 4 is 0 Å². The van der Waals surface area contributed by atoms with Crippen LogP contribution in [0.5, 0.6) is 0 Å². The summed E-state index contributed by atoms with van der Waals surface area (Å²) in [6.45, 7) is 1.72. The van der Waals surface area contributed by atoms with Gasteiger partial charge in [0.05, 0.1) is 6.61 Å². The molecule has 1 atom stereocenters. The molecule has 0 aliphatic carbocycles. The molecule has 1 heterocycles. The lowest BCUT2D eigenvalue weighted by Gasteiger charge is -2.25. The molecule has 2 N–H and O–H groups in total. The molecule has 0 amide bonds. The highest BCUT2D eigenvalue weighted by atomic mass is 19.1. The van der Waals surface area contributed by atoms with E-state index in [0.717, 1.165) is 12.5 Å². The van der Waals surface area contributed by atoms with Crippen molar-refractivity contribution in [3.05, 3.63) is 35.4 Å². The Labute approximate surface area is 93.4 Å². The zero-order valence-corrected chi connectivity index (χ0v) is 9.01. The van der Waals surface area contributed by atoms with Crippen molar-refractivity contribution < 1.29 is 13.5 Å². The standard InChI is InChI=1S/C12H15F2NO/c13-10-3-9(4-11(14)5-10)6-12(7-15)1-2-16-8-12/h3-5H,1-2,6-8,15H2. The van der Waals surface area contributed by atoms with Crippen LogP contribution in [-0.2, 0) is 11.2 Å². The summed E-state index contributed by atoms with van der Waals surface area (Å²) >= 11 is 0. The summed E-state index contributed by atoms with van der Waals surface area (Å²) < 4.78 is 31.4. The van der Waals surface area contributed by atoms with Crippen molar-refractivity contribution in [2.45, 2.75) is 12.8 Å². The summed E-state index contributed by atoms with van der Waals surface area (Å²) in [6.07, 6.45) is 1.42. The van der Waals surface area contributed by atoms with Gasteiger partial charge < -0.3 is 10.5 Å². The van der Waals surface area contributed by atoms with Gasteiger partial charge in [0.2, 0.25) is 0 Å². The smallest absolute Gasteiger partial charge is 0.126 e. The van der Waals surface area contributed by atoms with Crippen LogP contribution in [0.25, 0.3) is 0 Å². The van der Waals surface area contributed by atoms with E-state index < -0.39 is 11.6 Å². The fraction of sp³-hybridized carbons (Fsp3) is 0.500. The van der Waals surface area contributed by atoms with Gasteiger partial charge in [0.1, 0.15) is 11.6 Å². The highest BCUT2D eigenvalue weighted by Gasteiger charge is 2.33. The summed E-state index contributed by atoms with van der Waals surface area (Å²) in [5.41, 5.74) is 6.22. The van der Waals surface area contributed by atoms with Crippen LogP contribution in [-0.4, -0.2) is 19.8 Å². The fourth-order valence-electron chi connectivity index (χ4n) is 2.17. The minimum Gasteiger partial charge on any atom is -0.381 e. The molecule has 4 heteroatoms. The molecule has 1 fully saturated rings. The maximum absolute atomic E-state index is 13.0. The Morgan fingerprint density at radius 3 is 2.44 bits per heavy atom. The molecular formula is C12H15F2NO. The number of halogens is 2.